The molecule has 0 spiro atoms. The SMILES string of the molecule is CCOC(=O)C(Cc1cc(CBr)cc(COCc2ccccc2)c1)C(=O)OCC. The molecule has 0 atom stereocenters. The van der Waals surface area contributed by atoms with Gasteiger partial charge in [-0.05, 0) is 42.5 Å². The van der Waals surface area contributed by atoms with Crippen molar-refractivity contribution >= 4 is 27.9 Å². The Labute approximate surface area is 180 Å². The molecule has 0 unspecified atom stereocenters. The molecule has 6 heteroatoms. The van der Waals surface area contributed by atoms with Crippen LogP contribution in [0.3, 0.4) is 0 Å². The maximum Gasteiger partial charge on any atom is 0.320 e. The Morgan fingerprint density at radius 2 is 1.38 bits per heavy atom. The van der Waals surface area contributed by atoms with Gasteiger partial charge in [0.25, 0.3) is 0 Å². The van der Waals surface area contributed by atoms with E-state index in [4.69, 9.17) is 14.2 Å². The summed E-state index contributed by atoms with van der Waals surface area (Å²) < 4.78 is 16.0. The summed E-state index contributed by atoms with van der Waals surface area (Å²) in [6.45, 7) is 4.82. The fourth-order valence-electron chi connectivity index (χ4n) is 2.96. The molecule has 0 saturated heterocycles. The van der Waals surface area contributed by atoms with Crippen LogP contribution in [0.2, 0.25) is 0 Å². The van der Waals surface area contributed by atoms with Gasteiger partial charge < -0.3 is 14.2 Å². The second-order valence-electron chi connectivity index (χ2n) is 6.53. The average molecular weight is 463 g/mol. The van der Waals surface area contributed by atoms with Crippen molar-refractivity contribution in [1.82, 2.24) is 0 Å². The van der Waals surface area contributed by atoms with E-state index < -0.39 is 17.9 Å². The van der Waals surface area contributed by atoms with Crippen molar-refractivity contribution in [1.29, 1.82) is 0 Å². The van der Waals surface area contributed by atoms with Gasteiger partial charge in [-0.2, -0.15) is 0 Å². The van der Waals surface area contributed by atoms with Crippen LogP contribution in [0.4, 0.5) is 0 Å². The minimum absolute atomic E-state index is 0.217. The van der Waals surface area contributed by atoms with Gasteiger partial charge in [-0.3, -0.25) is 9.59 Å². The molecule has 0 fully saturated rings. The maximum absolute atomic E-state index is 12.3. The first-order chi connectivity index (χ1) is 14.1. The fourth-order valence-corrected chi connectivity index (χ4v) is 3.29. The molecule has 2 rings (SSSR count). The van der Waals surface area contributed by atoms with Crippen LogP contribution in [0.1, 0.15) is 36.1 Å². The van der Waals surface area contributed by atoms with Crippen LogP contribution in [0.5, 0.6) is 0 Å². The number of rotatable bonds is 11. The molecule has 0 N–H and O–H groups in total. The molecular weight excluding hydrogens is 436 g/mol. The number of hydrogen-bond donors (Lipinski definition) is 0. The number of carbonyl (C=O) groups excluding carboxylic acids is 2. The van der Waals surface area contributed by atoms with E-state index in [9.17, 15) is 9.59 Å². The Kier molecular flexibility index (Phi) is 9.88. The van der Waals surface area contributed by atoms with Crippen LogP contribution < -0.4 is 0 Å². The average Bonchev–Trinajstić information content (AvgIpc) is 2.73. The molecule has 0 aliphatic rings. The molecule has 0 aliphatic heterocycles. The summed E-state index contributed by atoms with van der Waals surface area (Å²) in [5.74, 6) is -2.09. The van der Waals surface area contributed by atoms with Crippen LogP contribution >= 0.6 is 15.9 Å². The standard InChI is InChI=1S/C23H27BrO5/c1-3-28-22(25)21(23(26)29-4-2)13-18-10-19(14-24)12-20(11-18)16-27-15-17-8-6-5-7-9-17/h5-12,21H,3-4,13-16H2,1-2H3. The fraction of sp³-hybridized carbons (Fsp3) is 0.391. The number of benzene rings is 2. The lowest BCUT2D eigenvalue weighted by atomic mass is 9.96. The molecule has 156 valence electrons. The highest BCUT2D eigenvalue weighted by molar-refractivity contribution is 9.08. The zero-order chi connectivity index (χ0) is 21.1. The van der Waals surface area contributed by atoms with Gasteiger partial charge in [-0.15, -0.1) is 0 Å². The number of halogens is 1. The van der Waals surface area contributed by atoms with E-state index in [2.05, 4.69) is 15.9 Å². The van der Waals surface area contributed by atoms with Crippen molar-refractivity contribution in [2.45, 2.75) is 38.8 Å². The van der Waals surface area contributed by atoms with Gasteiger partial charge in [0.1, 0.15) is 0 Å². The first kappa shape index (κ1) is 23.1. The van der Waals surface area contributed by atoms with Crippen LogP contribution in [0.25, 0.3) is 0 Å². The van der Waals surface area contributed by atoms with Crippen molar-refractivity contribution in [3.05, 3.63) is 70.8 Å². The maximum atomic E-state index is 12.3. The Bertz CT molecular complexity index is 773. The summed E-state index contributed by atoms with van der Waals surface area (Å²) in [6.07, 6.45) is 0.226. The van der Waals surface area contributed by atoms with E-state index in [0.29, 0.717) is 18.5 Å². The molecule has 0 heterocycles. The van der Waals surface area contributed by atoms with Crippen molar-refractivity contribution in [2.75, 3.05) is 13.2 Å². The minimum atomic E-state index is -0.974. The Balaban J connectivity index is 2.12. The molecule has 0 saturated carbocycles. The second kappa shape index (κ2) is 12.4. The lowest BCUT2D eigenvalue weighted by molar-refractivity contribution is -0.161. The Morgan fingerprint density at radius 3 is 1.97 bits per heavy atom. The zero-order valence-corrected chi connectivity index (χ0v) is 18.4. The summed E-state index contributed by atoms with van der Waals surface area (Å²) in [6, 6.07) is 15.9. The summed E-state index contributed by atoms with van der Waals surface area (Å²) >= 11 is 3.48. The van der Waals surface area contributed by atoms with Crippen molar-refractivity contribution in [3.63, 3.8) is 0 Å². The molecule has 29 heavy (non-hydrogen) atoms. The number of hydrogen-bond acceptors (Lipinski definition) is 5. The number of ether oxygens (including phenoxy) is 3. The van der Waals surface area contributed by atoms with E-state index in [1.54, 1.807) is 13.8 Å². The molecular formula is C23H27BrO5. The highest BCUT2D eigenvalue weighted by Gasteiger charge is 2.30. The molecule has 0 radical (unpaired) electrons. The molecule has 0 aromatic heterocycles. The first-order valence-electron chi connectivity index (χ1n) is 9.70. The lowest BCUT2D eigenvalue weighted by Gasteiger charge is -2.16. The van der Waals surface area contributed by atoms with Gasteiger partial charge >= 0.3 is 11.9 Å². The Hall–Kier alpha value is -2.18. The first-order valence-corrected chi connectivity index (χ1v) is 10.8. The van der Waals surface area contributed by atoms with Gasteiger partial charge in [0.2, 0.25) is 0 Å². The van der Waals surface area contributed by atoms with Crippen molar-refractivity contribution in [2.24, 2.45) is 5.92 Å². The number of alkyl halides is 1. The van der Waals surface area contributed by atoms with Crippen molar-refractivity contribution < 1.29 is 23.8 Å². The monoisotopic (exact) mass is 462 g/mol. The number of esters is 2. The quantitative estimate of drug-likeness (QED) is 0.277. The molecule has 0 aliphatic carbocycles. The smallest absolute Gasteiger partial charge is 0.320 e. The van der Waals surface area contributed by atoms with E-state index in [-0.39, 0.29) is 19.6 Å². The van der Waals surface area contributed by atoms with Crippen molar-refractivity contribution in [3.8, 4) is 0 Å². The lowest BCUT2D eigenvalue weighted by Crippen LogP contribution is -2.30. The van der Waals surface area contributed by atoms with Gasteiger partial charge in [-0.1, -0.05) is 64.5 Å². The molecule has 0 amide bonds. The van der Waals surface area contributed by atoms with E-state index in [1.165, 1.54) is 0 Å². The third-order valence-corrected chi connectivity index (χ3v) is 4.88. The zero-order valence-electron chi connectivity index (χ0n) is 16.9. The molecule has 5 nitrogen and oxygen atoms in total. The predicted molar refractivity (Wildman–Crippen MR) is 114 cm³/mol. The normalized spacial score (nSPS) is 10.8. The highest BCUT2D eigenvalue weighted by atomic mass is 79.9. The molecule has 2 aromatic rings. The van der Waals surface area contributed by atoms with Crippen LogP contribution in [-0.2, 0) is 48.8 Å². The Morgan fingerprint density at radius 1 is 0.828 bits per heavy atom. The van der Waals surface area contributed by atoms with E-state index in [0.717, 1.165) is 22.3 Å². The van der Waals surface area contributed by atoms with Crippen LogP contribution in [0.15, 0.2) is 48.5 Å². The summed E-state index contributed by atoms with van der Waals surface area (Å²) in [5, 5.41) is 0.663. The largest absolute Gasteiger partial charge is 0.465 e. The highest BCUT2D eigenvalue weighted by Crippen LogP contribution is 2.19. The summed E-state index contributed by atoms with van der Waals surface area (Å²) in [4.78, 5) is 24.6. The summed E-state index contributed by atoms with van der Waals surface area (Å²) in [7, 11) is 0. The number of carbonyl (C=O) groups is 2. The summed E-state index contributed by atoms with van der Waals surface area (Å²) in [5.41, 5.74) is 4.01. The topological polar surface area (TPSA) is 61.8 Å². The van der Waals surface area contributed by atoms with E-state index >= 15 is 0 Å². The molecule has 2 aromatic carbocycles. The second-order valence-corrected chi connectivity index (χ2v) is 7.09. The van der Waals surface area contributed by atoms with Gasteiger partial charge in [0, 0.05) is 5.33 Å². The van der Waals surface area contributed by atoms with Gasteiger partial charge in [0.15, 0.2) is 5.92 Å². The molecule has 0 bridgehead atoms. The van der Waals surface area contributed by atoms with Crippen LogP contribution in [0, 0.1) is 5.92 Å². The third-order valence-electron chi connectivity index (χ3n) is 4.23. The van der Waals surface area contributed by atoms with E-state index in [1.807, 2.05) is 48.5 Å². The minimum Gasteiger partial charge on any atom is -0.465 e. The third kappa shape index (κ3) is 7.63. The van der Waals surface area contributed by atoms with Gasteiger partial charge in [-0.25, -0.2) is 0 Å². The predicted octanol–water partition coefficient (Wildman–Crippen LogP) is 4.58. The van der Waals surface area contributed by atoms with Crippen LogP contribution in [-0.4, -0.2) is 25.2 Å². The van der Waals surface area contributed by atoms with Gasteiger partial charge in [0.05, 0.1) is 26.4 Å².